The molecule has 0 aromatic rings. The molecule has 56 heavy (non-hydrogen) atoms. The van der Waals surface area contributed by atoms with Crippen LogP contribution in [0.15, 0.2) is 72.9 Å². The number of hydrogen-bond acceptors (Lipinski definition) is 6. The SMILES string of the molecule is CC/C=C\C/C=C\C/C=C\C/C=C\C/C=C\C/C=C\CCC(=O)NC(COP(=O)(O)OCCN)C(O)CCCCCCCCCCCCCCCCCCCC. The summed E-state index contributed by atoms with van der Waals surface area (Å²) in [5, 5.41) is 13.8. The van der Waals surface area contributed by atoms with Gasteiger partial charge in [0.15, 0.2) is 0 Å². The summed E-state index contributed by atoms with van der Waals surface area (Å²) in [6.45, 7) is 4.03. The van der Waals surface area contributed by atoms with E-state index in [4.69, 9.17) is 14.8 Å². The van der Waals surface area contributed by atoms with E-state index < -0.39 is 20.0 Å². The molecule has 0 fully saturated rings. The molecule has 0 aromatic carbocycles. The first-order chi connectivity index (χ1) is 27.4. The molecule has 8 nitrogen and oxygen atoms in total. The first-order valence-corrected chi connectivity index (χ1v) is 24.0. The van der Waals surface area contributed by atoms with Crippen LogP contribution in [0.2, 0.25) is 0 Å². The summed E-state index contributed by atoms with van der Waals surface area (Å²) in [5.41, 5.74) is 5.38. The topological polar surface area (TPSA) is 131 Å². The molecule has 0 heterocycles. The average Bonchev–Trinajstić information content (AvgIpc) is 3.19. The highest BCUT2D eigenvalue weighted by Gasteiger charge is 2.27. The van der Waals surface area contributed by atoms with Crippen molar-refractivity contribution in [3.63, 3.8) is 0 Å². The zero-order valence-electron chi connectivity index (χ0n) is 35.8. The Labute approximate surface area is 344 Å². The summed E-state index contributed by atoms with van der Waals surface area (Å²) in [6.07, 6.45) is 55.0. The Morgan fingerprint density at radius 2 is 1.00 bits per heavy atom. The predicted molar refractivity (Wildman–Crippen MR) is 240 cm³/mol. The molecule has 5 N–H and O–H groups in total. The molecule has 0 saturated carbocycles. The quantitative estimate of drug-likeness (QED) is 0.0275. The maximum Gasteiger partial charge on any atom is 0.472 e. The van der Waals surface area contributed by atoms with E-state index in [1.165, 1.54) is 96.3 Å². The molecular formula is C47H85N2O6P. The van der Waals surface area contributed by atoms with Crippen molar-refractivity contribution in [1.82, 2.24) is 5.32 Å². The van der Waals surface area contributed by atoms with Crippen molar-refractivity contribution in [3.8, 4) is 0 Å². The molecule has 0 bridgehead atoms. The average molecular weight is 805 g/mol. The molecular weight excluding hydrogens is 719 g/mol. The summed E-state index contributed by atoms with van der Waals surface area (Å²) < 4.78 is 22.2. The Bertz CT molecular complexity index is 1100. The van der Waals surface area contributed by atoms with Crippen molar-refractivity contribution < 1.29 is 28.4 Å². The molecule has 3 unspecified atom stereocenters. The molecule has 0 spiro atoms. The number of nitrogens with one attached hydrogen (secondary N) is 1. The molecule has 0 aromatic heterocycles. The Kier molecular flexibility index (Phi) is 41.0. The highest BCUT2D eigenvalue weighted by molar-refractivity contribution is 7.47. The molecule has 0 saturated heterocycles. The van der Waals surface area contributed by atoms with E-state index in [2.05, 4.69) is 79.9 Å². The molecule has 0 rings (SSSR count). The minimum Gasteiger partial charge on any atom is -0.391 e. The van der Waals surface area contributed by atoms with Crippen molar-refractivity contribution in [1.29, 1.82) is 0 Å². The van der Waals surface area contributed by atoms with Crippen LogP contribution in [0.25, 0.3) is 0 Å². The highest BCUT2D eigenvalue weighted by Crippen LogP contribution is 2.43. The van der Waals surface area contributed by atoms with Crippen LogP contribution in [0.3, 0.4) is 0 Å². The van der Waals surface area contributed by atoms with Gasteiger partial charge in [0.05, 0.1) is 25.4 Å². The van der Waals surface area contributed by atoms with Crippen LogP contribution in [-0.4, -0.2) is 47.8 Å². The molecule has 1 amide bonds. The molecule has 9 heteroatoms. The third-order valence-corrected chi connectivity index (χ3v) is 10.6. The largest absolute Gasteiger partial charge is 0.472 e. The van der Waals surface area contributed by atoms with Crippen LogP contribution in [-0.2, 0) is 18.4 Å². The van der Waals surface area contributed by atoms with Gasteiger partial charge in [-0.3, -0.25) is 13.8 Å². The highest BCUT2D eigenvalue weighted by atomic mass is 31.2. The summed E-state index contributed by atoms with van der Waals surface area (Å²) in [7, 11) is -4.34. The Morgan fingerprint density at radius 1 is 0.607 bits per heavy atom. The molecule has 3 atom stereocenters. The van der Waals surface area contributed by atoms with Crippen LogP contribution < -0.4 is 11.1 Å². The van der Waals surface area contributed by atoms with Gasteiger partial charge in [-0.25, -0.2) is 4.57 Å². The normalized spacial score (nSPS) is 14.7. The number of allylic oxidation sites excluding steroid dienone is 12. The van der Waals surface area contributed by atoms with Crippen molar-refractivity contribution in [2.24, 2.45) is 5.73 Å². The van der Waals surface area contributed by atoms with E-state index in [1.54, 1.807) is 0 Å². The van der Waals surface area contributed by atoms with Crippen molar-refractivity contribution >= 4 is 13.7 Å². The fourth-order valence-electron chi connectivity index (χ4n) is 6.22. The molecule has 324 valence electrons. The summed E-state index contributed by atoms with van der Waals surface area (Å²) in [6, 6.07) is -0.819. The zero-order valence-corrected chi connectivity index (χ0v) is 36.7. The van der Waals surface area contributed by atoms with Gasteiger partial charge >= 0.3 is 7.82 Å². The van der Waals surface area contributed by atoms with Gasteiger partial charge in [-0.15, -0.1) is 0 Å². The Hall–Kier alpha value is -2.06. The monoisotopic (exact) mass is 805 g/mol. The van der Waals surface area contributed by atoms with Crippen LogP contribution >= 0.6 is 7.82 Å². The second-order valence-corrected chi connectivity index (χ2v) is 16.3. The number of rotatable bonds is 41. The fraction of sp³-hybridized carbons (Fsp3) is 0.723. The Balaban J connectivity index is 4.28. The maximum atomic E-state index is 12.8. The molecule has 0 aliphatic heterocycles. The Morgan fingerprint density at radius 3 is 1.41 bits per heavy atom. The number of amides is 1. The standard InChI is InChI=1S/C47H85N2O6P/c1-3-5-7-9-11-13-15-17-19-21-23-25-27-29-31-33-35-37-39-41-47(51)49-45(44-55-56(52,53)54-43-42-48)46(50)40-38-36-34-32-30-28-26-24-22-20-18-16-14-12-10-8-6-4-2/h5,7,11,13,17,19,23,25,29,31,35,37,45-46,50H,3-4,6,8-10,12,14-16,18,20-22,24,26-28,30,32-34,36,38-44,48H2,1-2H3,(H,49,51)(H,52,53)/b7-5-,13-11-,19-17-,25-23-,31-29-,37-35-. The van der Waals surface area contributed by atoms with Crippen LogP contribution in [0.5, 0.6) is 0 Å². The van der Waals surface area contributed by atoms with Crippen molar-refractivity contribution in [2.75, 3.05) is 19.8 Å². The number of phosphoric ester groups is 1. The predicted octanol–water partition coefficient (Wildman–Crippen LogP) is 12.8. The second-order valence-electron chi connectivity index (χ2n) is 14.9. The van der Waals surface area contributed by atoms with Gasteiger partial charge in [0, 0.05) is 13.0 Å². The second kappa shape index (κ2) is 42.5. The van der Waals surface area contributed by atoms with E-state index >= 15 is 0 Å². The van der Waals surface area contributed by atoms with Gasteiger partial charge in [0.2, 0.25) is 5.91 Å². The lowest BCUT2D eigenvalue weighted by atomic mass is 10.0. The van der Waals surface area contributed by atoms with E-state index in [0.29, 0.717) is 12.8 Å². The third-order valence-electron chi connectivity index (χ3n) is 9.59. The van der Waals surface area contributed by atoms with Gasteiger partial charge in [-0.2, -0.15) is 0 Å². The minimum absolute atomic E-state index is 0.0741. The first kappa shape index (κ1) is 53.9. The number of aliphatic hydroxyl groups excluding tert-OH is 1. The lowest BCUT2D eigenvalue weighted by Gasteiger charge is -2.25. The van der Waals surface area contributed by atoms with Crippen LogP contribution in [0, 0.1) is 0 Å². The lowest BCUT2D eigenvalue weighted by molar-refractivity contribution is -0.123. The third kappa shape index (κ3) is 40.1. The number of hydrogen-bond donors (Lipinski definition) is 4. The van der Waals surface area contributed by atoms with Crippen molar-refractivity contribution in [2.45, 2.75) is 199 Å². The molecule has 0 aliphatic carbocycles. The van der Waals surface area contributed by atoms with E-state index in [-0.39, 0.29) is 32.1 Å². The van der Waals surface area contributed by atoms with E-state index in [0.717, 1.165) is 57.8 Å². The van der Waals surface area contributed by atoms with E-state index in [1.807, 2.05) is 12.2 Å². The number of carbonyl (C=O) groups is 1. The van der Waals surface area contributed by atoms with E-state index in [9.17, 15) is 19.4 Å². The minimum atomic E-state index is -4.34. The molecule has 0 radical (unpaired) electrons. The number of aliphatic hydroxyl groups is 1. The number of phosphoric acid groups is 1. The first-order valence-electron chi connectivity index (χ1n) is 22.6. The van der Waals surface area contributed by atoms with Crippen molar-refractivity contribution in [3.05, 3.63) is 72.9 Å². The van der Waals surface area contributed by atoms with Gasteiger partial charge in [-0.1, -0.05) is 202 Å². The lowest BCUT2D eigenvalue weighted by Crippen LogP contribution is -2.46. The number of carbonyl (C=O) groups excluding carboxylic acids is 1. The van der Waals surface area contributed by atoms with Gasteiger partial charge in [-0.05, 0) is 51.4 Å². The molecule has 0 aliphatic rings. The fourth-order valence-corrected chi connectivity index (χ4v) is 6.98. The number of nitrogens with two attached hydrogens (primary N) is 1. The summed E-state index contributed by atoms with van der Waals surface area (Å²) >= 11 is 0. The number of unbranched alkanes of at least 4 members (excludes halogenated alkanes) is 17. The van der Waals surface area contributed by atoms with Gasteiger partial charge in [0.25, 0.3) is 0 Å². The summed E-state index contributed by atoms with van der Waals surface area (Å²) in [4.78, 5) is 22.7. The smallest absolute Gasteiger partial charge is 0.391 e. The van der Waals surface area contributed by atoms with Crippen LogP contribution in [0.1, 0.15) is 187 Å². The zero-order chi connectivity index (χ0) is 41.1. The summed E-state index contributed by atoms with van der Waals surface area (Å²) in [5.74, 6) is -0.245. The van der Waals surface area contributed by atoms with Crippen LogP contribution in [0.4, 0.5) is 0 Å². The van der Waals surface area contributed by atoms with Gasteiger partial charge < -0.3 is 21.1 Å². The van der Waals surface area contributed by atoms with Gasteiger partial charge in [0.1, 0.15) is 0 Å². The maximum absolute atomic E-state index is 12.8.